The number of fused-ring (bicyclic) bond motifs is 3. The van der Waals surface area contributed by atoms with E-state index in [1.165, 1.54) is 22.2 Å². The molecule has 33 heavy (non-hydrogen) atoms. The quantitative estimate of drug-likeness (QED) is 0.511. The Bertz CT molecular complexity index is 1130. The second kappa shape index (κ2) is 9.78. The van der Waals surface area contributed by atoms with E-state index < -0.39 is 0 Å². The normalized spacial score (nSPS) is 19.0. The Morgan fingerprint density at radius 3 is 2.82 bits per heavy atom. The molecular weight excluding hydrogens is 432 g/mol. The fraction of sp³-hybridized carbons (Fsp3) is 0.444. The fourth-order valence-electron chi connectivity index (χ4n) is 5.45. The summed E-state index contributed by atoms with van der Waals surface area (Å²) in [6, 6.07) is 14.5. The van der Waals surface area contributed by atoms with Crippen LogP contribution in [0.5, 0.6) is 0 Å². The highest BCUT2D eigenvalue weighted by Crippen LogP contribution is 2.36. The molecule has 3 aromatic rings. The van der Waals surface area contributed by atoms with Gasteiger partial charge in [-0.05, 0) is 68.5 Å². The van der Waals surface area contributed by atoms with Crippen molar-refractivity contribution in [1.82, 2.24) is 15.2 Å². The van der Waals surface area contributed by atoms with E-state index in [9.17, 15) is 4.79 Å². The van der Waals surface area contributed by atoms with Gasteiger partial charge in [-0.3, -0.25) is 9.69 Å². The van der Waals surface area contributed by atoms with Crippen molar-refractivity contribution in [3.05, 3.63) is 64.3 Å². The number of hydrogen-bond donors (Lipinski definition) is 2. The van der Waals surface area contributed by atoms with Gasteiger partial charge in [0.05, 0.1) is 5.92 Å². The number of nitrogens with one attached hydrogen (secondary N) is 2. The molecule has 1 saturated heterocycles. The number of H-pyrrole nitrogens is 1. The number of hydrogen-bond acceptors (Lipinski definition) is 3. The minimum atomic E-state index is -0.0503. The Hall–Kier alpha value is -2.50. The van der Waals surface area contributed by atoms with E-state index in [-0.39, 0.29) is 11.8 Å². The second-order valence-electron chi connectivity index (χ2n) is 9.41. The smallest absolute Gasteiger partial charge is 0.229 e. The minimum absolute atomic E-state index is 0.0503. The standard InChI is InChI=1S/C27H33ClN4O/c1-19-10-11-20(28)18-25(19)32-16-14-31(15-17-32)13-5-12-29-27(33)23-8-4-7-22-21-6-2-3-9-24(21)30-26(22)23/h2-3,6,9-11,18,23,30H,4-5,7-8,12-17H2,1H3,(H,29,33)/t23-/m0/s1. The fourth-order valence-corrected chi connectivity index (χ4v) is 5.62. The summed E-state index contributed by atoms with van der Waals surface area (Å²) < 4.78 is 0. The lowest BCUT2D eigenvalue weighted by molar-refractivity contribution is -0.122. The first-order chi connectivity index (χ1) is 16.1. The van der Waals surface area contributed by atoms with Gasteiger partial charge in [0.2, 0.25) is 5.91 Å². The number of halogens is 1. The number of anilines is 1. The largest absolute Gasteiger partial charge is 0.369 e. The molecule has 5 nitrogen and oxygen atoms in total. The number of para-hydroxylation sites is 1. The maximum atomic E-state index is 13.0. The Morgan fingerprint density at radius 1 is 1.15 bits per heavy atom. The lowest BCUT2D eigenvalue weighted by atomic mass is 9.86. The lowest BCUT2D eigenvalue weighted by Crippen LogP contribution is -2.47. The summed E-state index contributed by atoms with van der Waals surface area (Å²) in [7, 11) is 0. The first-order valence-corrected chi connectivity index (χ1v) is 12.6. The van der Waals surface area contributed by atoms with Crippen molar-refractivity contribution >= 4 is 34.1 Å². The SMILES string of the molecule is Cc1ccc(Cl)cc1N1CCN(CCCNC(=O)[C@H]2CCCc3c2[nH]c2ccccc32)CC1. The predicted molar refractivity (Wildman–Crippen MR) is 136 cm³/mol. The molecule has 0 saturated carbocycles. The van der Waals surface area contributed by atoms with Gasteiger partial charge in [-0.25, -0.2) is 0 Å². The molecule has 1 aromatic heterocycles. The molecule has 0 unspecified atom stereocenters. The molecule has 2 heterocycles. The van der Waals surface area contributed by atoms with Crippen LogP contribution in [-0.4, -0.2) is 55.1 Å². The van der Waals surface area contributed by atoms with Crippen molar-refractivity contribution in [1.29, 1.82) is 0 Å². The number of piperazine rings is 1. The minimum Gasteiger partial charge on any atom is -0.369 e. The van der Waals surface area contributed by atoms with Gasteiger partial charge in [0.1, 0.15) is 0 Å². The highest BCUT2D eigenvalue weighted by atomic mass is 35.5. The highest BCUT2D eigenvalue weighted by Gasteiger charge is 2.29. The third kappa shape index (κ3) is 4.75. The Morgan fingerprint density at radius 2 is 1.97 bits per heavy atom. The van der Waals surface area contributed by atoms with E-state index in [0.717, 1.165) is 81.2 Å². The third-order valence-electron chi connectivity index (χ3n) is 7.27. The maximum Gasteiger partial charge on any atom is 0.229 e. The number of benzene rings is 2. The number of carbonyl (C=O) groups excluding carboxylic acids is 1. The van der Waals surface area contributed by atoms with Crippen LogP contribution in [0.25, 0.3) is 10.9 Å². The summed E-state index contributed by atoms with van der Waals surface area (Å²) in [4.78, 5) is 21.4. The van der Waals surface area contributed by atoms with E-state index in [1.54, 1.807) is 0 Å². The number of aromatic amines is 1. The van der Waals surface area contributed by atoms with Gasteiger partial charge in [-0.1, -0.05) is 35.9 Å². The average molecular weight is 465 g/mol. The van der Waals surface area contributed by atoms with Gasteiger partial charge in [-0.2, -0.15) is 0 Å². The summed E-state index contributed by atoms with van der Waals surface area (Å²) in [5.74, 6) is 0.120. The molecule has 1 aliphatic heterocycles. The zero-order valence-corrected chi connectivity index (χ0v) is 20.1. The number of amides is 1. The van der Waals surface area contributed by atoms with Crippen molar-refractivity contribution in [2.45, 2.75) is 38.5 Å². The Balaban J connectivity index is 1.09. The van der Waals surface area contributed by atoms with Crippen molar-refractivity contribution in [2.24, 2.45) is 0 Å². The molecule has 0 radical (unpaired) electrons. The van der Waals surface area contributed by atoms with E-state index in [2.05, 4.69) is 63.4 Å². The van der Waals surface area contributed by atoms with E-state index in [0.29, 0.717) is 0 Å². The van der Waals surface area contributed by atoms with Crippen LogP contribution >= 0.6 is 11.6 Å². The monoisotopic (exact) mass is 464 g/mol. The Kier molecular flexibility index (Phi) is 6.61. The van der Waals surface area contributed by atoms with Crippen LogP contribution in [0.15, 0.2) is 42.5 Å². The molecule has 1 atom stereocenters. The van der Waals surface area contributed by atoms with Crippen LogP contribution in [0, 0.1) is 6.92 Å². The molecule has 2 aliphatic rings. The summed E-state index contributed by atoms with van der Waals surface area (Å²) in [5.41, 5.74) is 6.14. The molecule has 1 aliphatic carbocycles. The van der Waals surface area contributed by atoms with Gasteiger partial charge in [0, 0.05) is 60.0 Å². The van der Waals surface area contributed by atoms with Gasteiger partial charge in [0.25, 0.3) is 0 Å². The molecule has 0 spiro atoms. The number of aryl methyl sites for hydroxylation is 2. The zero-order chi connectivity index (χ0) is 22.8. The molecular formula is C27H33ClN4O. The number of aromatic nitrogens is 1. The third-order valence-corrected chi connectivity index (χ3v) is 7.50. The van der Waals surface area contributed by atoms with Crippen LogP contribution in [0.2, 0.25) is 5.02 Å². The van der Waals surface area contributed by atoms with E-state index in [4.69, 9.17) is 11.6 Å². The van der Waals surface area contributed by atoms with Gasteiger partial charge in [-0.15, -0.1) is 0 Å². The lowest BCUT2D eigenvalue weighted by Gasteiger charge is -2.37. The van der Waals surface area contributed by atoms with Crippen molar-refractivity contribution in [3.63, 3.8) is 0 Å². The highest BCUT2D eigenvalue weighted by molar-refractivity contribution is 6.30. The van der Waals surface area contributed by atoms with Gasteiger partial charge in [0.15, 0.2) is 0 Å². The van der Waals surface area contributed by atoms with Gasteiger partial charge < -0.3 is 15.2 Å². The van der Waals surface area contributed by atoms with Crippen molar-refractivity contribution < 1.29 is 4.79 Å². The molecule has 1 fully saturated rings. The van der Waals surface area contributed by atoms with E-state index in [1.807, 2.05) is 6.07 Å². The van der Waals surface area contributed by atoms with Crippen molar-refractivity contribution in [2.75, 3.05) is 44.2 Å². The topological polar surface area (TPSA) is 51.4 Å². The first-order valence-electron chi connectivity index (χ1n) is 12.2. The number of nitrogens with zero attached hydrogens (tertiary/aromatic N) is 2. The van der Waals surface area contributed by atoms with Crippen molar-refractivity contribution in [3.8, 4) is 0 Å². The molecule has 0 bridgehead atoms. The van der Waals surface area contributed by atoms with Crippen LogP contribution in [-0.2, 0) is 11.2 Å². The average Bonchev–Trinajstić information content (AvgIpc) is 3.22. The van der Waals surface area contributed by atoms with Crippen LogP contribution in [0.3, 0.4) is 0 Å². The van der Waals surface area contributed by atoms with Crippen LogP contribution < -0.4 is 10.2 Å². The number of carbonyl (C=O) groups is 1. The maximum absolute atomic E-state index is 13.0. The van der Waals surface area contributed by atoms with Crippen LogP contribution in [0.4, 0.5) is 5.69 Å². The molecule has 2 aromatic carbocycles. The number of rotatable bonds is 6. The van der Waals surface area contributed by atoms with Crippen LogP contribution in [0.1, 0.15) is 42.0 Å². The molecule has 1 amide bonds. The van der Waals surface area contributed by atoms with Gasteiger partial charge >= 0.3 is 0 Å². The summed E-state index contributed by atoms with van der Waals surface area (Å²) in [5, 5.41) is 5.29. The first kappa shape index (κ1) is 22.3. The summed E-state index contributed by atoms with van der Waals surface area (Å²) in [6.07, 6.45) is 4.04. The zero-order valence-electron chi connectivity index (χ0n) is 19.4. The predicted octanol–water partition coefficient (Wildman–Crippen LogP) is 4.88. The summed E-state index contributed by atoms with van der Waals surface area (Å²) >= 11 is 6.21. The molecule has 174 valence electrons. The summed E-state index contributed by atoms with van der Waals surface area (Å²) in [6.45, 7) is 8.01. The Labute approximate surface area is 201 Å². The van der Waals surface area contributed by atoms with E-state index >= 15 is 0 Å². The molecule has 2 N–H and O–H groups in total. The molecule has 5 rings (SSSR count). The molecule has 6 heteroatoms. The second-order valence-corrected chi connectivity index (χ2v) is 9.85.